The number of hydrogen-bond donors (Lipinski definition) is 2. The summed E-state index contributed by atoms with van der Waals surface area (Å²) in [7, 11) is 0. The first-order valence-electron chi connectivity index (χ1n) is 8.43. The highest BCUT2D eigenvalue weighted by Gasteiger charge is 2.33. The van der Waals surface area contributed by atoms with Gasteiger partial charge in [-0.1, -0.05) is 27.7 Å². The Balaban J connectivity index is 0. The Hall–Kier alpha value is -1.79. The largest absolute Gasteiger partial charge is 0.480 e. The van der Waals surface area contributed by atoms with Crippen LogP contribution < -0.4 is 5.32 Å². The van der Waals surface area contributed by atoms with Crippen LogP contribution in [0.2, 0.25) is 0 Å². The Morgan fingerprint density at radius 1 is 1.12 bits per heavy atom. The van der Waals surface area contributed by atoms with Crippen molar-refractivity contribution in [3.63, 3.8) is 0 Å². The molecule has 0 aromatic rings. The Morgan fingerprint density at radius 2 is 1.58 bits per heavy atom. The van der Waals surface area contributed by atoms with Crippen LogP contribution in [0.5, 0.6) is 0 Å². The van der Waals surface area contributed by atoms with Crippen LogP contribution in [0.15, 0.2) is 0 Å². The third-order valence-corrected chi connectivity index (χ3v) is 3.05. The average Bonchev–Trinajstić information content (AvgIpc) is 2.45. The number of carboxylic acids is 1. The molecule has 0 rings (SSSR count). The Labute approximate surface area is 145 Å². The number of rotatable bonds is 6. The van der Waals surface area contributed by atoms with Crippen molar-refractivity contribution in [2.24, 2.45) is 5.92 Å². The maximum atomic E-state index is 12.6. The fourth-order valence-electron chi connectivity index (χ4n) is 1.88. The van der Waals surface area contributed by atoms with Crippen molar-refractivity contribution >= 4 is 18.0 Å². The van der Waals surface area contributed by atoms with Gasteiger partial charge in [0.25, 0.3) is 0 Å². The third-order valence-electron chi connectivity index (χ3n) is 3.05. The average molecular weight is 346 g/mol. The number of aliphatic carboxylic acids is 1. The summed E-state index contributed by atoms with van der Waals surface area (Å²) in [6.07, 6.45) is -0.696. The van der Waals surface area contributed by atoms with Crippen LogP contribution in [0.4, 0.5) is 4.79 Å². The maximum absolute atomic E-state index is 12.6. The molecular weight excluding hydrogens is 312 g/mol. The zero-order valence-corrected chi connectivity index (χ0v) is 16.5. The second kappa shape index (κ2) is 10.9. The number of nitrogens with zero attached hydrogens (tertiary/aromatic N) is 1. The van der Waals surface area contributed by atoms with Crippen LogP contribution in [0, 0.1) is 5.92 Å². The van der Waals surface area contributed by atoms with Gasteiger partial charge in [-0.15, -0.1) is 0 Å². The maximum Gasteiger partial charge on any atom is 0.408 e. The molecule has 2 unspecified atom stereocenters. The van der Waals surface area contributed by atoms with Gasteiger partial charge in [0.05, 0.1) is 0 Å². The monoisotopic (exact) mass is 346 g/mol. The lowest BCUT2D eigenvalue weighted by atomic mass is 10.0. The van der Waals surface area contributed by atoms with Crippen molar-refractivity contribution in [1.29, 1.82) is 0 Å². The highest BCUT2D eigenvalue weighted by molar-refractivity contribution is 5.89. The number of carbonyl (C=O) groups excluding carboxylic acids is 2. The molecule has 24 heavy (non-hydrogen) atoms. The molecule has 0 saturated carbocycles. The van der Waals surface area contributed by atoms with Gasteiger partial charge in [-0.25, -0.2) is 9.59 Å². The second-order valence-electron chi connectivity index (χ2n) is 6.51. The minimum absolute atomic E-state index is 0.199. The lowest BCUT2D eigenvalue weighted by Crippen LogP contribution is -2.55. The van der Waals surface area contributed by atoms with Gasteiger partial charge in [0, 0.05) is 6.54 Å². The van der Waals surface area contributed by atoms with Crippen LogP contribution in [0.1, 0.15) is 62.3 Å². The van der Waals surface area contributed by atoms with Gasteiger partial charge in [0.15, 0.2) is 0 Å². The number of alkyl carbamates (subject to hydrolysis) is 1. The van der Waals surface area contributed by atoms with Gasteiger partial charge < -0.3 is 20.1 Å². The summed E-state index contributed by atoms with van der Waals surface area (Å²) in [5.41, 5.74) is -0.673. The summed E-state index contributed by atoms with van der Waals surface area (Å²) >= 11 is 0. The van der Waals surface area contributed by atoms with E-state index in [1.807, 2.05) is 13.8 Å². The van der Waals surface area contributed by atoms with Gasteiger partial charge in [-0.3, -0.25) is 4.79 Å². The number of nitrogens with one attached hydrogen (secondary N) is 1. The molecule has 2 amide bonds. The first-order chi connectivity index (χ1) is 10.9. The smallest absolute Gasteiger partial charge is 0.408 e. The molecule has 0 spiro atoms. The Bertz CT molecular complexity index is 416. The zero-order valence-electron chi connectivity index (χ0n) is 16.5. The molecule has 0 aliphatic heterocycles. The van der Waals surface area contributed by atoms with E-state index < -0.39 is 35.7 Å². The fraction of sp³-hybridized carbons (Fsp3) is 0.824. The quantitative estimate of drug-likeness (QED) is 0.771. The zero-order chi connectivity index (χ0) is 19.7. The van der Waals surface area contributed by atoms with E-state index in [1.54, 1.807) is 41.5 Å². The summed E-state index contributed by atoms with van der Waals surface area (Å²) in [6, 6.07) is -1.80. The molecule has 0 aliphatic rings. The fourth-order valence-corrected chi connectivity index (χ4v) is 1.88. The predicted molar refractivity (Wildman–Crippen MR) is 93.8 cm³/mol. The van der Waals surface area contributed by atoms with E-state index in [9.17, 15) is 14.4 Å². The van der Waals surface area contributed by atoms with E-state index in [2.05, 4.69) is 5.32 Å². The Morgan fingerprint density at radius 3 is 1.88 bits per heavy atom. The summed E-state index contributed by atoms with van der Waals surface area (Å²) in [5.74, 6) is -1.72. The molecule has 2 N–H and O–H groups in total. The van der Waals surface area contributed by atoms with E-state index in [0.717, 1.165) is 0 Å². The molecule has 0 radical (unpaired) electrons. The number of carbonyl (C=O) groups is 3. The van der Waals surface area contributed by atoms with Gasteiger partial charge in [-0.05, 0) is 40.5 Å². The number of likely N-dealkylation sites (N-methyl/N-ethyl adjacent to an activating group) is 1. The number of carboxylic acid groups (broad SMARTS) is 1. The molecule has 0 aromatic carbocycles. The van der Waals surface area contributed by atoms with Crippen LogP contribution >= 0.6 is 0 Å². The molecule has 0 fully saturated rings. The number of hydrogen-bond acceptors (Lipinski definition) is 4. The van der Waals surface area contributed by atoms with Crippen molar-refractivity contribution in [3.05, 3.63) is 0 Å². The molecule has 0 heterocycles. The molecule has 0 aromatic heterocycles. The van der Waals surface area contributed by atoms with Crippen LogP contribution in [-0.4, -0.2) is 52.2 Å². The lowest BCUT2D eigenvalue weighted by molar-refractivity contribution is -0.150. The van der Waals surface area contributed by atoms with Crippen molar-refractivity contribution < 1.29 is 24.2 Å². The standard InChI is InChI=1S/C15H28N2O5.C2H6/c1-8-17(10(4)13(19)20)12(18)11(9(2)3)16-14(21)22-15(5,6)7;1-2/h9-11H,8H2,1-7H3,(H,16,21)(H,19,20);1-2H3. The topological polar surface area (TPSA) is 95.9 Å². The van der Waals surface area contributed by atoms with Crippen molar-refractivity contribution in [3.8, 4) is 0 Å². The lowest BCUT2D eigenvalue weighted by Gasteiger charge is -2.32. The summed E-state index contributed by atoms with van der Waals surface area (Å²) in [5, 5.41) is 11.6. The summed E-state index contributed by atoms with van der Waals surface area (Å²) < 4.78 is 5.15. The van der Waals surface area contributed by atoms with E-state index >= 15 is 0 Å². The van der Waals surface area contributed by atoms with Crippen molar-refractivity contribution in [1.82, 2.24) is 10.2 Å². The van der Waals surface area contributed by atoms with Gasteiger partial charge >= 0.3 is 12.1 Å². The van der Waals surface area contributed by atoms with Gasteiger partial charge in [-0.2, -0.15) is 0 Å². The van der Waals surface area contributed by atoms with Crippen LogP contribution in [0.25, 0.3) is 0 Å². The van der Waals surface area contributed by atoms with Gasteiger partial charge in [0.1, 0.15) is 17.7 Å². The summed E-state index contributed by atoms with van der Waals surface area (Å²) in [4.78, 5) is 36.8. The highest BCUT2D eigenvalue weighted by Crippen LogP contribution is 2.12. The first-order valence-corrected chi connectivity index (χ1v) is 8.43. The third kappa shape index (κ3) is 8.74. The molecule has 0 aliphatic carbocycles. The molecule has 7 nitrogen and oxygen atoms in total. The molecule has 0 bridgehead atoms. The van der Waals surface area contributed by atoms with Crippen LogP contribution in [-0.2, 0) is 14.3 Å². The molecule has 0 saturated heterocycles. The van der Waals surface area contributed by atoms with E-state index in [1.165, 1.54) is 11.8 Å². The molecule has 142 valence electrons. The molecular formula is C17H34N2O5. The van der Waals surface area contributed by atoms with E-state index in [-0.39, 0.29) is 12.5 Å². The minimum Gasteiger partial charge on any atom is -0.480 e. The molecule has 7 heteroatoms. The number of amides is 2. The first kappa shape index (κ1) is 24.5. The Kier molecular flexibility index (Phi) is 11.1. The van der Waals surface area contributed by atoms with Crippen molar-refractivity contribution in [2.45, 2.75) is 80.0 Å². The SMILES string of the molecule is CC.CCN(C(=O)C(NC(=O)OC(C)(C)C)C(C)C)C(C)C(=O)O. The predicted octanol–water partition coefficient (Wildman–Crippen LogP) is 2.88. The second-order valence-corrected chi connectivity index (χ2v) is 6.51. The minimum atomic E-state index is -1.09. The highest BCUT2D eigenvalue weighted by atomic mass is 16.6. The normalized spacial score (nSPS) is 13.2. The summed E-state index contributed by atoms with van der Waals surface area (Å²) in [6.45, 7) is 16.1. The van der Waals surface area contributed by atoms with E-state index in [0.29, 0.717) is 0 Å². The van der Waals surface area contributed by atoms with Crippen LogP contribution in [0.3, 0.4) is 0 Å². The van der Waals surface area contributed by atoms with Crippen molar-refractivity contribution in [2.75, 3.05) is 6.54 Å². The van der Waals surface area contributed by atoms with E-state index in [4.69, 9.17) is 9.84 Å². The number of ether oxygens (including phenoxy) is 1. The molecule has 2 atom stereocenters. The van der Waals surface area contributed by atoms with Gasteiger partial charge in [0.2, 0.25) is 5.91 Å².